The van der Waals surface area contributed by atoms with E-state index in [1.54, 1.807) is 30.3 Å². The molecule has 0 aliphatic carbocycles. The van der Waals surface area contributed by atoms with E-state index in [1.807, 2.05) is 68.5 Å². The fraction of sp³-hybridized carbons (Fsp3) is 0.172. The summed E-state index contributed by atoms with van der Waals surface area (Å²) in [6, 6.07) is 20.3. The van der Waals surface area contributed by atoms with Gasteiger partial charge in [-0.25, -0.2) is 0 Å². The van der Waals surface area contributed by atoms with E-state index < -0.39 is 5.92 Å². The molecule has 0 heterocycles. The summed E-state index contributed by atoms with van der Waals surface area (Å²) in [5.74, 6) is -0.657. The zero-order chi connectivity index (χ0) is 24.5. The predicted octanol–water partition coefficient (Wildman–Crippen LogP) is 5.50. The van der Waals surface area contributed by atoms with Gasteiger partial charge in [-0.3, -0.25) is 9.59 Å². The number of nitrogens with one attached hydrogen (secondary N) is 1. The first kappa shape index (κ1) is 24.7. The molecule has 1 unspecified atom stereocenters. The highest BCUT2D eigenvalue weighted by Crippen LogP contribution is 2.23. The third kappa shape index (κ3) is 6.30. The maximum absolute atomic E-state index is 13.0. The molecule has 0 aromatic heterocycles. The first-order chi connectivity index (χ1) is 16.4. The predicted molar refractivity (Wildman–Crippen MR) is 139 cm³/mol. The molecule has 34 heavy (non-hydrogen) atoms. The number of hydrogen-bond acceptors (Lipinski definition) is 4. The lowest BCUT2D eigenvalue weighted by Gasteiger charge is -2.16. The Morgan fingerprint density at radius 3 is 2.44 bits per heavy atom. The Bertz CT molecular complexity index is 1200. The maximum Gasteiger partial charge on any atom is 0.315 e. The second-order valence-corrected chi connectivity index (χ2v) is 7.97. The fourth-order valence-electron chi connectivity index (χ4n) is 3.69. The largest absolute Gasteiger partial charge is 0.426 e. The summed E-state index contributed by atoms with van der Waals surface area (Å²) >= 11 is 0. The van der Waals surface area contributed by atoms with Gasteiger partial charge in [-0.05, 0) is 65.9 Å². The van der Waals surface area contributed by atoms with Crippen LogP contribution >= 0.6 is 0 Å². The highest BCUT2D eigenvalue weighted by Gasteiger charge is 2.20. The molecule has 0 saturated carbocycles. The van der Waals surface area contributed by atoms with Gasteiger partial charge in [0.05, 0.1) is 12.3 Å². The lowest BCUT2D eigenvalue weighted by atomic mass is 9.98. The van der Waals surface area contributed by atoms with Crippen molar-refractivity contribution < 1.29 is 14.3 Å². The number of carbonyl (C=O) groups excluding carboxylic acids is 2. The zero-order valence-electron chi connectivity index (χ0n) is 19.6. The molecule has 0 spiro atoms. The average Bonchev–Trinajstić information content (AvgIpc) is 2.82. The van der Waals surface area contributed by atoms with E-state index in [1.165, 1.54) is 0 Å². The molecule has 3 rings (SSSR count). The van der Waals surface area contributed by atoms with Crippen molar-refractivity contribution in [3.63, 3.8) is 0 Å². The quantitative estimate of drug-likeness (QED) is 0.330. The van der Waals surface area contributed by atoms with Crippen LogP contribution in [0.1, 0.15) is 40.7 Å². The number of allylic oxidation sites excluding steroid dienone is 1. The maximum atomic E-state index is 13.0. The number of carbonyl (C=O) groups is 2. The van der Waals surface area contributed by atoms with E-state index in [9.17, 15) is 9.59 Å². The minimum atomic E-state index is -0.541. The highest BCUT2D eigenvalue weighted by atomic mass is 16.5. The Hall–Kier alpha value is -3.96. The summed E-state index contributed by atoms with van der Waals surface area (Å²) in [6.07, 6.45) is 5.87. The van der Waals surface area contributed by atoms with Crippen LogP contribution in [0.4, 0.5) is 5.69 Å². The second kappa shape index (κ2) is 11.8. The molecule has 3 N–H and O–H groups in total. The molecule has 0 aliphatic heterocycles. The van der Waals surface area contributed by atoms with Crippen molar-refractivity contribution in [1.82, 2.24) is 0 Å². The van der Waals surface area contributed by atoms with Crippen molar-refractivity contribution in [3.05, 3.63) is 107 Å². The number of anilines is 1. The van der Waals surface area contributed by atoms with Crippen molar-refractivity contribution in [3.8, 4) is 5.75 Å². The molecular formula is C29H30N2O3. The molecule has 0 radical (unpaired) electrons. The summed E-state index contributed by atoms with van der Waals surface area (Å²) in [6.45, 7) is 7.87. The molecule has 1 amide bonds. The van der Waals surface area contributed by atoms with Crippen LogP contribution in [0.5, 0.6) is 5.75 Å². The highest BCUT2D eigenvalue weighted by molar-refractivity contribution is 5.96. The summed E-state index contributed by atoms with van der Waals surface area (Å²) in [7, 11) is 0. The van der Waals surface area contributed by atoms with E-state index in [0.717, 1.165) is 27.8 Å². The SMILES string of the molecule is C=Cc1ccc(NC(=O)C(CN)c2ccc(OC(=O)Cc3ccccc3C)cc2)cc1/C=C\C. The number of amides is 1. The number of hydrogen-bond donors (Lipinski definition) is 2. The number of ether oxygens (including phenoxy) is 1. The van der Waals surface area contributed by atoms with Crippen molar-refractivity contribution >= 4 is 29.7 Å². The van der Waals surface area contributed by atoms with Gasteiger partial charge in [-0.1, -0.05) is 67.3 Å². The number of aryl methyl sites for hydroxylation is 1. The monoisotopic (exact) mass is 454 g/mol. The first-order valence-electron chi connectivity index (χ1n) is 11.2. The van der Waals surface area contributed by atoms with Gasteiger partial charge in [0.25, 0.3) is 0 Å². The number of esters is 1. The van der Waals surface area contributed by atoms with E-state index in [0.29, 0.717) is 11.4 Å². The molecule has 3 aromatic rings. The molecule has 3 aromatic carbocycles. The lowest BCUT2D eigenvalue weighted by molar-refractivity contribution is -0.133. The van der Waals surface area contributed by atoms with Gasteiger partial charge in [0.2, 0.25) is 5.91 Å². The van der Waals surface area contributed by atoms with Crippen LogP contribution in [0, 0.1) is 6.92 Å². The molecule has 1 atom stereocenters. The van der Waals surface area contributed by atoms with E-state index in [4.69, 9.17) is 10.5 Å². The molecular weight excluding hydrogens is 424 g/mol. The average molecular weight is 455 g/mol. The number of benzene rings is 3. The van der Waals surface area contributed by atoms with E-state index >= 15 is 0 Å². The molecule has 0 bridgehead atoms. The normalized spacial score (nSPS) is 11.7. The van der Waals surface area contributed by atoms with Crippen LogP contribution in [0.25, 0.3) is 12.2 Å². The molecule has 174 valence electrons. The van der Waals surface area contributed by atoms with Crippen molar-refractivity contribution in [2.75, 3.05) is 11.9 Å². The molecule has 5 heteroatoms. The van der Waals surface area contributed by atoms with Crippen molar-refractivity contribution in [2.45, 2.75) is 26.2 Å². The Morgan fingerprint density at radius 1 is 1.06 bits per heavy atom. The lowest BCUT2D eigenvalue weighted by Crippen LogP contribution is -2.27. The fourth-order valence-corrected chi connectivity index (χ4v) is 3.69. The summed E-state index contributed by atoms with van der Waals surface area (Å²) in [4.78, 5) is 25.3. The zero-order valence-corrected chi connectivity index (χ0v) is 19.6. The molecule has 0 saturated heterocycles. The van der Waals surface area contributed by atoms with Crippen LogP contribution in [0.2, 0.25) is 0 Å². The third-order valence-electron chi connectivity index (χ3n) is 5.58. The Morgan fingerprint density at radius 2 is 1.79 bits per heavy atom. The van der Waals surface area contributed by atoms with E-state index in [2.05, 4.69) is 11.9 Å². The topological polar surface area (TPSA) is 81.4 Å². The van der Waals surface area contributed by atoms with Crippen LogP contribution in [0.15, 0.2) is 79.4 Å². The van der Waals surface area contributed by atoms with Gasteiger partial charge in [-0.15, -0.1) is 0 Å². The summed E-state index contributed by atoms with van der Waals surface area (Å²) in [5, 5.41) is 2.95. The van der Waals surface area contributed by atoms with Gasteiger partial charge in [0, 0.05) is 12.2 Å². The number of nitrogens with two attached hydrogens (primary N) is 1. The summed E-state index contributed by atoms with van der Waals surface area (Å²) < 4.78 is 5.47. The number of rotatable bonds is 9. The first-order valence-corrected chi connectivity index (χ1v) is 11.2. The van der Waals surface area contributed by atoms with Gasteiger partial charge in [0.1, 0.15) is 5.75 Å². The third-order valence-corrected chi connectivity index (χ3v) is 5.58. The Kier molecular flexibility index (Phi) is 8.54. The van der Waals surface area contributed by atoms with Gasteiger partial charge in [-0.2, -0.15) is 0 Å². The van der Waals surface area contributed by atoms with Crippen LogP contribution < -0.4 is 15.8 Å². The minimum Gasteiger partial charge on any atom is -0.426 e. The second-order valence-electron chi connectivity index (χ2n) is 7.97. The Labute approximate surface area is 201 Å². The smallest absolute Gasteiger partial charge is 0.315 e. The van der Waals surface area contributed by atoms with Crippen LogP contribution in [-0.2, 0) is 16.0 Å². The van der Waals surface area contributed by atoms with Gasteiger partial charge >= 0.3 is 5.97 Å². The van der Waals surface area contributed by atoms with E-state index in [-0.39, 0.29) is 24.8 Å². The minimum absolute atomic E-state index is 0.144. The summed E-state index contributed by atoms with van der Waals surface area (Å²) in [5.41, 5.74) is 11.3. The van der Waals surface area contributed by atoms with Crippen molar-refractivity contribution in [1.29, 1.82) is 0 Å². The molecule has 0 fully saturated rings. The van der Waals surface area contributed by atoms with Gasteiger partial charge < -0.3 is 15.8 Å². The van der Waals surface area contributed by atoms with Crippen molar-refractivity contribution in [2.24, 2.45) is 5.73 Å². The standard InChI is InChI=1S/C29H30N2O3/c1-4-8-24-17-25(14-11-21(24)5-2)31-29(33)27(19-30)22-12-15-26(16-13-22)34-28(32)18-23-10-7-6-9-20(23)3/h4-17,27H,2,18-19,30H2,1,3H3,(H,31,33)/b8-4-. The van der Waals surface area contributed by atoms with Gasteiger partial charge in [0.15, 0.2) is 0 Å². The van der Waals surface area contributed by atoms with Crippen LogP contribution in [0.3, 0.4) is 0 Å². The molecule has 0 aliphatic rings. The Balaban J connectivity index is 1.67. The van der Waals surface area contributed by atoms with Crippen LogP contribution in [-0.4, -0.2) is 18.4 Å². The molecule has 5 nitrogen and oxygen atoms in total.